The topological polar surface area (TPSA) is 63.4 Å². The second-order valence-electron chi connectivity index (χ2n) is 5.97. The van der Waals surface area contributed by atoms with Gasteiger partial charge in [-0.2, -0.15) is 0 Å². The Hall–Kier alpha value is -0.910. The van der Waals surface area contributed by atoms with Gasteiger partial charge in [0.15, 0.2) is 9.84 Å². The third kappa shape index (κ3) is 3.40. The third-order valence-electron chi connectivity index (χ3n) is 4.32. The van der Waals surface area contributed by atoms with E-state index in [0.29, 0.717) is 18.7 Å². The van der Waals surface area contributed by atoms with Crippen molar-refractivity contribution in [1.82, 2.24) is 4.90 Å². The zero-order valence-electron chi connectivity index (χ0n) is 12.3. The molecular weight excluding hydrogens is 272 g/mol. The van der Waals surface area contributed by atoms with Gasteiger partial charge in [0.25, 0.3) is 0 Å². The van der Waals surface area contributed by atoms with Crippen LogP contribution >= 0.6 is 0 Å². The van der Waals surface area contributed by atoms with E-state index >= 15 is 0 Å². The fourth-order valence-corrected chi connectivity index (χ4v) is 4.96. The number of rotatable bonds is 4. The van der Waals surface area contributed by atoms with E-state index < -0.39 is 15.4 Å². The highest BCUT2D eigenvalue weighted by Gasteiger charge is 2.40. The van der Waals surface area contributed by atoms with Gasteiger partial charge in [-0.25, -0.2) is 8.42 Å². The lowest BCUT2D eigenvalue weighted by Crippen LogP contribution is -2.58. The van der Waals surface area contributed by atoms with Crippen molar-refractivity contribution in [3.63, 3.8) is 0 Å². The number of nitrogens with two attached hydrogens (primary N) is 1. The van der Waals surface area contributed by atoms with Gasteiger partial charge in [0.2, 0.25) is 0 Å². The number of benzene rings is 1. The van der Waals surface area contributed by atoms with Crippen molar-refractivity contribution in [1.29, 1.82) is 0 Å². The molecule has 2 N–H and O–H groups in total. The first kappa shape index (κ1) is 15.5. The molecular formula is C15H24N2O2S. The molecule has 1 saturated heterocycles. The van der Waals surface area contributed by atoms with Crippen LogP contribution in [0.2, 0.25) is 0 Å². The zero-order chi connectivity index (χ0) is 14.8. The molecule has 2 rings (SSSR count). The van der Waals surface area contributed by atoms with Crippen LogP contribution in [0.25, 0.3) is 0 Å². The van der Waals surface area contributed by atoms with Crippen molar-refractivity contribution >= 4 is 9.84 Å². The van der Waals surface area contributed by atoms with Crippen LogP contribution in [0.1, 0.15) is 24.0 Å². The zero-order valence-corrected chi connectivity index (χ0v) is 13.1. The van der Waals surface area contributed by atoms with E-state index in [-0.39, 0.29) is 5.75 Å². The van der Waals surface area contributed by atoms with Crippen LogP contribution < -0.4 is 5.73 Å². The Kier molecular flexibility index (Phi) is 4.52. The quantitative estimate of drug-likeness (QED) is 0.910. The Bertz CT molecular complexity index is 554. The standard InChI is InChI=1S/C15H24N2O2S/c1-13-4-6-14(7-5-13)10-17(2)15(11-16)8-3-9-20(18,19)12-15/h4-7H,3,8-12,16H2,1-2H3. The third-order valence-corrected chi connectivity index (χ3v) is 6.20. The van der Waals surface area contributed by atoms with E-state index in [0.717, 1.165) is 13.0 Å². The maximum absolute atomic E-state index is 11.9. The van der Waals surface area contributed by atoms with Crippen LogP contribution in [0.5, 0.6) is 0 Å². The number of aryl methyl sites for hydroxylation is 1. The molecule has 1 aromatic carbocycles. The van der Waals surface area contributed by atoms with E-state index in [9.17, 15) is 8.42 Å². The Morgan fingerprint density at radius 1 is 1.30 bits per heavy atom. The average Bonchev–Trinajstić information content (AvgIpc) is 2.40. The smallest absolute Gasteiger partial charge is 0.152 e. The molecule has 0 radical (unpaired) electrons. The number of hydrogen-bond acceptors (Lipinski definition) is 4. The highest BCUT2D eigenvalue weighted by atomic mass is 32.2. The summed E-state index contributed by atoms with van der Waals surface area (Å²) >= 11 is 0. The summed E-state index contributed by atoms with van der Waals surface area (Å²) in [6, 6.07) is 8.34. The van der Waals surface area contributed by atoms with Crippen molar-refractivity contribution in [3.8, 4) is 0 Å². The van der Waals surface area contributed by atoms with Crippen molar-refractivity contribution in [2.45, 2.75) is 31.8 Å². The predicted octanol–water partition coefficient (Wildman–Crippen LogP) is 1.33. The van der Waals surface area contributed by atoms with Gasteiger partial charge in [-0.05, 0) is 32.4 Å². The lowest BCUT2D eigenvalue weighted by molar-refractivity contribution is 0.124. The van der Waals surface area contributed by atoms with Crippen molar-refractivity contribution in [3.05, 3.63) is 35.4 Å². The van der Waals surface area contributed by atoms with Crippen LogP contribution in [0.15, 0.2) is 24.3 Å². The molecule has 0 bridgehead atoms. The molecule has 1 unspecified atom stereocenters. The van der Waals surface area contributed by atoms with Crippen LogP contribution in [0, 0.1) is 6.92 Å². The van der Waals surface area contributed by atoms with Gasteiger partial charge in [-0.3, -0.25) is 4.90 Å². The molecule has 5 heteroatoms. The Morgan fingerprint density at radius 2 is 1.95 bits per heavy atom. The van der Waals surface area contributed by atoms with Gasteiger partial charge < -0.3 is 5.73 Å². The molecule has 0 spiro atoms. The monoisotopic (exact) mass is 296 g/mol. The summed E-state index contributed by atoms with van der Waals surface area (Å²) in [6.07, 6.45) is 1.56. The maximum atomic E-state index is 11.9. The summed E-state index contributed by atoms with van der Waals surface area (Å²) in [4.78, 5) is 2.12. The normalized spacial score (nSPS) is 25.8. The summed E-state index contributed by atoms with van der Waals surface area (Å²) in [7, 11) is -0.988. The summed E-state index contributed by atoms with van der Waals surface area (Å²) < 4.78 is 23.9. The van der Waals surface area contributed by atoms with Gasteiger partial charge in [0, 0.05) is 18.6 Å². The molecule has 1 aliphatic rings. The molecule has 4 nitrogen and oxygen atoms in total. The molecule has 20 heavy (non-hydrogen) atoms. The summed E-state index contributed by atoms with van der Waals surface area (Å²) in [5.41, 5.74) is 7.93. The van der Waals surface area contributed by atoms with E-state index in [4.69, 9.17) is 5.73 Å². The van der Waals surface area contributed by atoms with E-state index in [1.165, 1.54) is 11.1 Å². The highest BCUT2D eigenvalue weighted by molar-refractivity contribution is 7.91. The van der Waals surface area contributed by atoms with Gasteiger partial charge >= 0.3 is 0 Å². The molecule has 1 heterocycles. The maximum Gasteiger partial charge on any atom is 0.152 e. The Morgan fingerprint density at radius 3 is 2.50 bits per heavy atom. The van der Waals surface area contributed by atoms with Gasteiger partial charge in [0.05, 0.1) is 11.5 Å². The second-order valence-corrected chi connectivity index (χ2v) is 8.15. The fourth-order valence-electron chi connectivity index (χ4n) is 2.93. The van der Waals surface area contributed by atoms with E-state index in [2.05, 4.69) is 36.1 Å². The van der Waals surface area contributed by atoms with Crippen LogP contribution in [-0.2, 0) is 16.4 Å². The van der Waals surface area contributed by atoms with Crippen LogP contribution in [0.3, 0.4) is 0 Å². The first-order chi connectivity index (χ1) is 9.37. The van der Waals surface area contributed by atoms with Gasteiger partial charge in [-0.15, -0.1) is 0 Å². The van der Waals surface area contributed by atoms with Crippen molar-refractivity contribution < 1.29 is 8.42 Å². The van der Waals surface area contributed by atoms with E-state index in [1.807, 2.05) is 7.05 Å². The molecule has 1 aromatic rings. The van der Waals surface area contributed by atoms with Gasteiger partial charge in [0.1, 0.15) is 0 Å². The van der Waals surface area contributed by atoms with Gasteiger partial charge in [-0.1, -0.05) is 29.8 Å². The lowest BCUT2D eigenvalue weighted by Gasteiger charge is -2.43. The lowest BCUT2D eigenvalue weighted by atomic mass is 9.93. The van der Waals surface area contributed by atoms with Crippen molar-refractivity contribution in [2.24, 2.45) is 5.73 Å². The first-order valence-electron chi connectivity index (χ1n) is 7.04. The molecule has 1 aliphatic heterocycles. The number of hydrogen-bond donors (Lipinski definition) is 1. The van der Waals surface area contributed by atoms with Crippen LogP contribution in [0.4, 0.5) is 0 Å². The van der Waals surface area contributed by atoms with Crippen molar-refractivity contribution in [2.75, 3.05) is 25.1 Å². The summed E-state index contributed by atoms with van der Waals surface area (Å²) in [5.74, 6) is 0.478. The molecule has 1 fully saturated rings. The Labute approximate surface area is 121 Å². The molecule has 0 saturated carbocycles. The Balaban J connectivity index is 2.16. The van der Waals surface area contributed by atoms with Crippen LogP contribution in [-0.4, -0.2) is 44.0 Å². The minimum Gasteiger partial charge on any atom is -0.329 e. The number of likely N-dealkylation sites (N-methyl/N-ethyl adjacent to an activating group) is 1. The fraction of sp³-hybridized carbons (Fsp3) is 0.600. The average molecular weight is 296 g/mol. The summed E-state index contributed by atoms with van der Waals surface area (Å²) in [6.45, 7) is 3.17. The molecule has 0 aromatic heterocycles. The van der Waals surface area contributed by atoms with E-state index in [1.54, 1.807) is 0 Å². The largest absolute Gasteiger partial charge is 0.329 e. The minimum absolute atomic E-state index is 0.179. The molecule has 0 amide bonds. The minimum atomic E-state index is -2.97. The molecule has 0 aliphatic carbocycles. The molecule has 1 atom stereocenters. The second kappa shape index (κ2) is 5.84. The highest BCUT2D eigenvalue weighted by Crippen LogP contribution is 2.28. The molecule has 112 valence electrons. The number of sulfone groups is 1. The SMILES string of the molecule is Cc1ccc(CN(C)C2(CN)CCCS(=O)(=O)C2)cc1. The summed E-state index contributed by atoms with van der Waals surface area (Å²) in [5, 5.41) is 0. The predicted molar refractivity (Wildman–Crippen MR) is 82.3 cm³/mol. The first-order valence-corrected chi connectivity index (χ1v) is 8.86. The number of nitrogens with zero attached hydrogens (tertiary/aromatic N) is 1.